The van der Waals surface area contributed by atoms with Gasteiger partial charge in [0.25, 0.3) is 0 Å². The van der Waals surface area contributed by atoms with Crippen molar-refractivity contribution in [1.82, 2.24) is 4.57 Å². The molecule has 2 aromatic carbocycles. The molecular formula is C22H15ClF4N2O3. The number of aromatic nitrogens is 1. The van der Waals surface area contributed by atoms with Crippen molar-refractivity contribution in [3.05, 3.63) is 71.3 Å². The van der Waals surface area contributed by atoms with Crippen LogP contribution in [-0.2, 0) is 4.79 Å². The number of halogens is 5. The van der Waals surface area contributed by atoms with Crippen LogP contribution in [0.15, 0.2) is 54.7 Å². The van der Waals surface area contributed by atoms with Gasteiger partial charge in [-0.05, 0) is 53.9 Å². The van der Waals surface area contributed by atoms with Crippen molar-refractivity contribution in [1.29, 1.82) is 0 Å². The number of amides is 1. The number of benzene rings is 2. The zero-order chi connectivity index (χ0) is 23.0. The lowest BCUT2D eigenvalue weighted by Gasteiger charge is -2.24. The Kier molecular flexibility index (Phi) is 5.68. The lowest BCUT2D eigenvalue weighted by Crippen LogP contribution is -2.31. The second kappa shape index (κ2) is 8.31. The molecular weight excluding hydrogens is 452 g/mol. The van der Waals surface area contributed by atoms with Gasteiger partial charge < -0.3 is 14.6 Å². The smallest absolute Gasteiger partial charge is 0.404 e. The number of carbonyl (C=O) groups is 2. The summed E-state index contributed by atoms with van der Waals surface area (Å²) in [6, 6.07) is 10.2. The van der Waals surface area contributed by atoms with E-state index in [0.29, 0.717) is 23.2 Å². The van der Waals surface area contributed by atoms with Gasteiger partial charge in [-0.15, -0.1) is 13.2 Å². The number of hydrogen-bond acceptors (Lipinski definition) is 3. The molecule has 0 aliphatic carbocycles. The van der Waals surface area contributed by atoms with Gasteiger partial charge in [0.2, 0.25) is 5.91 Å². The van der Waals surface area contributed by atoms with Crippen molar-refractivity contribution >= 4 is 29.0 Å². The maximum Gasteiger partial charge on any atom is 0.573 e. The van der Waals surface area contributed by atoms with E-state index in [1.807, 2.05) is 0 Å². The third kappa shape index (κ3) is 4.47. The standard InChI is InChI=1S/C22H15ClF4N2O3/c23-14-10-12(4-8-20(14)32-22(25,26)27)13-3-5-16(15(24)11-13)28-21(31)18-6-7-19(30)17-2-1-9-29(17)18/h1-5,8-11,18H,6-7H2,(H,28,31). The highest BCUT2D eigenvalue weighted by atomic mass is 35.5. The second-order valence-electron chi connectivity index (χ2n) is 7.16. The van der Waals surface area contributed by atoms with Crippen molar-refractivity contribution in [3.8, 4) is 16.9 Å². The fourth-order valence-electron chi connectivity index (χ4n) is 3.59. The minimum atomic E-state index is -4.88. The maximum atomic E-state index is 14.7. The molecule has 1 amide bonds. The van der Waals surface area contributed by atoms with Gasteiger partial charge in [0.05, 0.1) is 16.4 Å². The van der Waals surface area contributed by atoms with Crippen LogP contribution in [0, 0.1) is 5.82 Å². The molecule has 0 fully saturated rings. The lowest BCUT2D eigenvalue weighted by molar-refractivity contribution is -0.274. The zero-order valence-corrected chi connectivity index (χ0v) is 17.0. The molecule has 0 bridgehead atoms. The van der Waals surface area contributed by atoms with Crippen LogP contribution < -0.4 is 10.1 Å². The molecule has 10 heteroatoms. The molecule has 166 valence electrons. The molecule has 32 heavy (non-hydrogen) atoms. The van der Waals surface area contributed by atoms with Crippen molar-refractivity contribution in [2.75, 3.05) is 5.32 Å². The van der Waals surface area contributed by atoms with Crippen LogP contribution in [0.4, 0.5) is 23.2 Å². The Bertz CT molecular complexity index is 1210. The topological polar surface area (TPSA) is 60.3 Å². The number of hydrogen-bond donors (Lipinski definition) is 1. The van der Waals surface area contributed by atoms with Crippen LogP contribution in [0.2, 0.25) is 5.02 Å². The summed E-state index contributed by atoms with van der Waals surface area (Å²) in [4.78, 5) is 24.6. The Hall–Kier alpha value is -3.33. The first-order chi connectivity index (χ1) is 15.1. The third-order valence-corrected chi connectivity index (χ3v) is 5.36. The Morgan fingerprint density at radius 1 is 1.12 bits per heavy atom. The van der Waals surface area contributed by atoms with Gasteiger partial charge in [0, 0.05) is 12.6 Å². The van der Waals surface area contributed by atoms with Crippen molar-refractivity contribution in [2.24, 2.45) is 0 Å². The molecule has 4 rings (SSSR count). The minimum Gasteiger partial charge on any atom is -0.404 e. The van der Waals surface area contributed by atoms with E-state index in [1.54, 1.807) is 22.9 Å². The Labute approximate surface area is 184 Å². The summed E-state index contributed by atoms with van der Waals surface area (Å²) in [6.45, 7) is 0. The van der Waals surface area contributed by atoms with E-state index in [0.717, 1.165) is 12.1 Å². The molecule has 1 unspecified atom stereocenters. The van der Waals surface area contributed by atoms with Gasteiger partial charge in [-0.2, -0.15) is 0 Å². The van der Waals surface area contributed by atoms with E-state index in [1.165, 1.54) is 24.3 Å². The average Bonchev–Trinajstić information content (AvgIpc) is 3.21. The Morgan fingerprint density at radius 2 is 1.84 bits per heavy atom. The third-order valence-electron chi connectivity index (χ3n) is 5.07. The number of carbonyl (C=O) groups excluding carboxylic acids is 2. The van der Waals surface area contributed by atoms with Crippen LogP contribution in [0.1, 0.15) is 29.4 Å². The summed E-state index contributed by atoms with van der Waals surface area (Å²) in [5, 5.41) is 2.25. The number of anilines is 1. The number of Topliss-reactive ketones (excluding diaryl/α,β-unsaturated/α-hetero) is 1. The molecule has 0 saturated heterocycles. The number of rotatable bonds is 4. The minimum absolute atomic E-state index is 0.0557. The van der Waals surface area contributed by atoms with E-state index in [4.69, 9.17) is 11.6 Å². The fourth-order valence-corrected chi connectivity index (χ4v) is 3.81. The summed E-state index contributed by atoms with van der Waals surface area (Å²) in [7, 11) is 0. The predicted octanol–water partition coefficient (Wildman–Crippen LogP) is 6.00. The highest BCUT2D eigenvalue weighted by molar-refractivity contribution is 6.32. The first-order valence-corrected chi connectivity index (χ1v) is 9.86. The molecule has 0 saturated carbocycles. The molecule has 0 radical (unpaired) electrons. The number of ketones is 1. The molecule has 1 aliphatic rings. The first kappa shape index (κ1) is 21.9. The van der Waals surface area contributed by atoms with E-state index in [2.05, 4.69) is 10.1 Å². The van der Waals surface area contributed by atoms with Gasteiger partial charge in [-0.25, -0.2) is 4.39 Å². The van der Waals surface area contributed by atoms with Crippen molar-refractivity contribution in [3.63, 3.8) is 0 Å². The van der Waals surface area contributed by atoms with Gasteiger partial charge in [0.15, 0.2) is 5.78 Å². The summed E-state index contributed by atoms with van der Waals surface area (Å²) < 4.78 is 57.2. The SMILES string of the molecule is O=C1CCC(C(=O)Nc2ccc(-c3ccc(OC(F)(F)F)c(Cl)c3)cc2F)n2cccc21. The van der Waals surface area contributed by atoms with E-state index in [9.17, 15) is 27.2 Å². The molecule has 1 atom stereocenters. The summed E-state index contributed by atoms with van der Waals surface area (Å²) in [5.41, 5.74) is 1.08. The number of nitrogens with one attached hydrogen (secondary N) is 1. The lowest BCUT2D eigenvalue weighted by atomic mass is 10.0. The number of nitrogens with zero attached hydrogens (tertiary/aromatic N) is 1. The number of ether oxygens (including phenoxy) is 1. The molecule has 1 aromatic heterocycles. The monoisotopic (exact) mass is 466 g/mol. The highest BCUT2D eigenvalue weighted by Gasteiger charge is 2.32. The summed E-state index contributed by atoms with van der Waals surface area (Å²) >= 11 is 5.85. The molecule has 1 aliphatic heterocycles. The number of fused-ring (bicyclic) bond motifs is 1. The van der Waals surface area contributed by atoms with Crippen LogP contribution in [0.5, 0.6) is 5.75 Å². The average molecular weight is 467 g/mol. The van der Waals surface area contributed by atoms with Crippen LogP contribution in [0.25, 0.3) is 11.1 Å². The van der Waals surface area contributed by atoms with Crippen molar-refractivity contribution < 1.29 is 31.9 Å². The molecule has 0 spiro atoms. The van der Waals surface area contributed by atoms with Gasteiger partial charge >= 0.3 is 6.36 Å². The second-order valence-corrected chi connectivity index (χ2v) is 7.56. The normalized spacial score (nSPS) is 15.9. The van der Waals surface area contributed by atoms with Gasteiger partial charge in [0.1, 0.15) is 17.6 Å². The Morgan fingerprint density at radius 3 is 2.53 bits per heavy atom. The quantitative estimate of drug-likeness (QED) is 0.479. The number of alkyl halides is 3. The van der Waals surface area contributed by atoms with E-state index in [-0.39, 0.29) is 22.9 Å². The fraction of sp³-hybridized carbons (Fsp3) is 0.182. The molecule has 1 N–H and O–H groups in total. The molecule has 5 nitrogen and oxygen atoms in total. The molecule has 3 aromatic rings. The van der Waals surface area contributed by atoms with Crippen LogP contribution in [0.3, 0.4) is 0 Å². The summed E-state index contributed by atoms with van der Waals surface area (Å²) in [6.07, 6.45) is -2.73. The van der Waals surface area contributed by atoms with Crippen molar-refractivity contribution in [2.45, 2.75) is 25.2 Å². The predicted molar refractivity (Wildman–Crippen MR) is 109 cm³/mol. The maximum absolute atomic E-state index is 14.7. The van der Waals surface area contributed by atoms with Crippen LogP contribution >= 0.6 is 11.6 Å². The zero-order valence-electron chi connectivity index (χ0n) is 16.2. The summed E-state index contributed by atoms with van der Waals surface area (Å²) in [5.74, 6) is -1.82. The largest absolute Gasteiger partial charge is 0.573 e. The van der Waals surface area contributed by atoms with E-state index >= 15 is 0 Å². The van der Waals surface area contributed by atoms with E-state index < -0.39 is 29.9 Å². The Balaban J connectivity index is 1.52. The van der Waals surface area contributed by atoms with Crippen LogP contribution in [-0.4, -0.2) is 22.6 Å². The van der Waals surface area contributed by atoms with Gasteiger partial charge in [-0.3, -0.25) is 9.59 Å². The highest BCUT2D eigenvalue weighted by Crippen LogP contribution is 2.35. The van der Waals surface area contributed by atoms with Gasteiger partial charge in [-0.1, -0.05) is 23.7 Å². The molecule has 2 heterocycles. The first-order valence-electron chi connectivity index (χ1n) is 9.48.